The molecular formula is C20H16O. The standard InChI is InChI=1S/C20H16O/c1-21-20-13-12-18-14-17(10-11-19(18)15-20)9-5-8-16-6-3-2-4-7-16/h2-4,6-15H,1H3. The molecular weight excluding hydrogens is 256 g/mol. The molecule has 102 valence electrons. The molecule has 0 radical (unpaired) electrons. The van der Waals surface area contributed by atoms with E-state index in [1.54, 1.807) is 7.11 Å². The van der Waals surface area contributed by atoms with Crippen molar-refractivity contribution in [1.29, 1.82) is 0 Å². The Kier molecular flexibility index (Phi) is 3.86. The van der Waals surface area contributed by atoms with Gasteiger partial charge in [-0.25, -0.2) is 0 Å². The fraction of sp³-hybridized carbons (Fsp3) is 0.0500. The van der Waals surface area contributed by atoms with E-state index in [1.165, 1.54) is 10.8 Å². The Balaban J connectivity index is 1.89. The van der Waals surface area contributed by atoms with Gasteiger partial charge in [-0.1, -0.05) is 48.5 Å². The Labute approximate surface area is 124 Å². The summed E-state index contributed by atoms with van der Waals surface area (Å²) in [5.41, 5.74) is 5.52. The van der Waals surface area contributed by atoms with Crippen LogP contribution in [0.4, 0.5) is 0 Å². The maximum absolute atomic E-state index is 5.24. The quantitative estimate of drug-likeness (QED) is 0.597. The van der Waals surface area contributed by atoms with Gasteiger partial charge in [0.1, 0.15) is 5.75 Å². The van der Waals surface area contributed by atoms with Crippen LogP contribution in [0, 0.1) is 0 Å². The summed E-state index contributed by atoms with van der Waals surface area (Å²) in [5, 5.41) is 2.38. The SMILES string of the molecule is COc1ccc2cc(C=C=Cc3ccccc3)ccc2c1. The van der Waals surface area contributed by atoms with Crippen molar-refractivity contribution in [3.05, 3.63) is 83.6 Å². The van der Waals surface area contributed by atoms with E-state index < -0.39 is 0 Å². The highest BCUT2D eigenvalue weighted by Gasteiger charge is 1.96. The van der Waals surface area contributed by atoms with Crippen molar-refractivity contribution in [2.24, 2.45) is 0 Å². The van der Waals surface area contributed by atoms with E-state index in [0.29, 0.717) is 0 Å². The molecule has 0 atom stereocenters. The summed E-state index contributed by atoms with van der Waals surface area (Å²) < 4.78 is 5.24. The lowest BCUT2D eigenvalue weighted by molar-refractivity contribution is 0.415. The van der Waals surface area contributed by atoms with Gasteiger partial charge in [0.2, 0.25) is 0 Å². The maximum Gasteiger partial charge on any atom is 0.119 e. The van der Waals surface area contributed by atoms with E-state index in [9.17, 15) is 0 Å². The first-order valence-corrected chi connectivity index (χ1v) is 6.90. The predicted molar refractivity (Wildman–Crippen MR) is 89.4 cm³/mol. The number of benzene rings is 3. The molecule has 0 heterocycles. The second-order valence-electron chi connectivity index (χ2n) is 4.84. The molecule has 3 aromatic rings. The lowest BCUT2D eigenvalue weighted by atomic mass is 10.1. The van der Waals surface area contributed by atoms with Crippen molar-refractivity contribution >= 4 is 22.9 Å². The first kappa shape index (κ1) is 13.2. The number of hydrogen-bond donors (Lipinski definition) is 0. The molecule has 0 aliphatic carbocycles. The van der Waals surface area contributed by atoms with Crippen LogP contribution >= 0.6 is 0 Å². The molecule has 0 saturated carbocycles. The van der Waals surface area contributed by atoms with Gasteiger partial charge < -0.3 is 4.74 Å². The Morgan fingerprint density at radius 3 is 2.29 bits per heavy atom. The van der Waals surface area contributed by atoms with Crippen molar-refractivity contribution in [3.8, 4) is 5.75 Å². The van der Waals surface area contributed by atoms with Crippen molar-refractivity contribution in [3.63, 3.8) is 0 Å². The number of rotatable bonds is 3. The molecule has 0 unspecified atom stereocenters. The molecule has 0 spiro atoms. The predicted octanol–water partition coefficient (Wildman–Crippen LogP) is 5.17. The van der Waals surface area contributed by atoms with E-state index in [1.807, 2.05) is 42.5 Å². The van der Waals surface area contributed by atoms with Crippen molar-refractivity contribution < 1.29 is 4.74 Å². The average Bonchev–Trinajstić information content (AvgIpc) is 2.55. The maximum atomic E-state index is 5.24. The highest BCUT2D eigenvalue weighted by Crippen LogP contribution is 2.22. The highest BCUT2D eigenvalue weighted by atomic mass is 16.5. The van der Waals surface area contributed by atoms with Gasteiger partial charge in [0, 0.05) is 0 Å². The van der Waals surface area contributed by atoms with Gasteiger partial charge >= 0.3 is 0 Å². The topological polar surface area (TPSA) is 9.23 Å². The monoisotopic (exact) mass is 272 g/mol. The van der Waals surface area contributed by atoms with Crippen molar-refractivity contribution in [2.75, 3.05) is 7.11 Å². The van der Waals surface area contributed by atoms with E-state index in [2.05, 4.69) is 42.1 Å². The second kappa shape index (κ2) is 6.13. The minimum atomic E-state index is 0.884. The van der Waals surface area contributed by atoms with Gasteiger partial charge in [-0.2, -0.15) is 0 Å². The molecule has 0 fully saturated rings. The molecule has 0 aliphatic heterocycles. The molecule has 0 bridgehead atoms. The zero-order valence-corrected chi connectivity index (χ0v) is 11.9. The van der Waals surface area contributed by atoms with Crippen LogP contribution in [-0.2, 0) is 0 Å². The molecule has 0 amide bonds. The molecule has 1 heteroatoms. The molecule has 0 saturated heterocycles. The van der Waals surface area contributed by atoms with Crippen LogP contribution in [0.3, 0.4) is 0 Å². The summed E-state index contributed by atoms with van der Waals surface area (Å²) in [6.07, 6.45) is 3.98. The highest BCUT2D eigenvalue weighted by molar-refractivity contribution is 5.86. The Morgan fingerprint density at radius 1 is 0.762 bits per heavy atom. The van der Waals surface area contributed by atoms with Crippen LogP contribution in [0.15, 0.2) is 72.5 Å². The van der Waals surface area contributed by atoms with Gasteiger partial charge in [0.05, 0.1) is 7.11 Å². The largest absolute Gasteiger partial charge is 0.497 e. The van der Waals surface area contributed by atoms with Crippen LogP contribution in [0.1, 0.15) is 11.1 Å². The third kappa shape index (κ3) is 3.22. The fourth-order valence-corrected chi connectivity index (χ4v) is 2.24. The van der Waals surface area contributed by atoms with Gasteiger partial charge in [0.25, 0.3) is 0 Å². The summed E-state index contributed by atoms with van der Waals surface area (Å²) >= 11 is 0. The van der Waals surface area contributed by atoms with Crippen LogP contribution in [0.25, 0.3) is 22.9 Å². The zero-order valence-electron chi connectivity index (χ0n) is 11.9. The van der Waals surface area contributed by atoms with E-state index >= 15 is 0 Å². The van der Waals surface area contributed by atoms with Crippen LogP contribution in [0.5, 0.6) is 5.75 Å². The first-order chi connectivity index (χ1) is 10.3. The molecule has 0 aliphatic rings. The summed E-state index contributed by atoms with van der Waals surface area (Å²) in [7, 11) is 1.69. The Bertz CT molecular complexity index is 810. The van der Waals surface area contributed by atoms with Crippen LogP contribution in [0.2, 0.25) is 0 Å². The number of methoxy groups -OCH3 is 1. The van der Waals surface area contributed by atoms with E-state index in [0.717, 1.165) is 16.9 Å². The number of ether oxygens (including phenoxy) is 1. The zero-order chi connectivity index (χ0) is 14.5. The molecule has 0 N–H and O–H groups in total. The van der Waals surface area contributed by atoms with Gasteiger partial charge in [0.15, 0.2) is 0 Å². The summed E-state index contributed by atoms with van der Waals surface area (Å²) in [5.74, 6) is 0.884. The summed E-state index contributed by atoms with van der Waals surface area (Å²) in [6.45, 7) is 0. The lowest BCUT2D eigenvalue weighted by Crippen LogP contribution is -1.82. The molecule has 0 aromatic heterocycles. The second-order valence-corrected chi connectivity index (χ2v) is 4.84. The molecule has 21 heavy (non-hydrogen) atoms. The van der Waals surface area contributed by atoms with E-state index in [-0.39, 0.29) is 0 Å². The summed E-state index contributed by atoms with van der Waals surface area (Å²) in [4.78, 5) is 0. The number of fused-ring (bicyclic) bond motifs is 1. The minimum Gasteiger partial charge on any atom is -0.497 e. The van der Waals surface area contributed by atoms with Gasteiger partial charge in [-0.15, -0.1) is 5.73 Å². The van der Waals surface area contributed by atoms with Gasteiger partial charge in [-0.3, -0.25) is 0 Å². The number of hydrogen-bond acceptors (Lipinski definition) is 1. The summed E-state index contributed by atoms with van der Waals surface area (Å²) in [6, 6.07) is 22.6. The Hall–Kier alpha value is -2.76. The van der Waals surface area contributed by atoms with Crippen molar-refractivity contribution in [1.82, 2.24) is 0 Å². The fourth-order valence-electron chi connectivity index (χ4n) is 2.24. The van der Waals surface area contributed by atoms with E-state index in [4.69, 9.17) is 4.74 Å². The smallest absolute Gasteiger partial charge is 0.119 e. The average molecular weight is 272 g/mol. The Morgan fingerprint density at radius 2 is 1.48 bits per heavy atom. The first-order valence-electron chi connectivity index (χ1n) is 6.90. The molecule has 1 nitrogen and oxygen atoms in total. The molecule has 3 aromatic carbocycles. The van der Waals surface area contributed by atoms with Gasteiger partial charge in [-0.05, 0) is 52.3 Å². The molecule has 3 rings (SSSR count). The third-order valence-corrected chi connectivity index (χ3v) is 3.37. The normalized spacial score (nSPS) is 9.95. The van der Waals surface area contributed by atoms with Crippen molar-refractivity contribution in [2.45, 2.75) is 0 Å². The lowest BCUT2D eigenvalue weighted by Gasteiger charge is -2.03. The van der Waals surface area contributed by atoms with Crippen LogP contribution < -0.4 is 4.74 Å². The minimum absolute atomic E-state index is 0.884. The third-order valence-electron chi connectivity index (χ3n) is 3.37. The van der Waals surface area contributed by atoms with Crippen LogP contribution in [-0.4, -0.2) is 7.11 Å².